The first-order valence-electron chi connectivity index (χ1n) is 6.45. The van der Waals surface area contributed by atoms with Crippen LogP contribution in [0.2, 0.25) is 5.02 Å². The lowest BCUT2D eigenvalue weighted by molar-refractivity contribution is -0.114. The van der Waals surface area contributed by atoms with Crippen LogP contribution in [0, 0.1) is 5.82 Å². The SMILES string of the molecule is O=C(CNc1nc2cc(F)ccc2o1)Nc1ccc(Cl)cc1. The van der Waals surface area contributed by atoms with Crippen molar-refractivity contribution in [3.05, 3.63) is 53.3 Å². The number of carbonyl (C=O) groups is 1. The molecule has 2 N–H and O–H groups in total. The third-order valence-corrected chi connectivity index (χ3v) is 3.13. The van der Waals surface area contributed by atoms with Crippen LogP contribution in [0.25, 0.3) is 11.1 Å². The molecule has 0 fully saturated rings. The van der Waals surface area contributed by atoms with Gasteiger partial charge in [0.05, 0.1) is 6.54 Å². The number of amides is 1. The average molecular weight is 320 g/mol. The zero-order chi connectivity index (χ0) is 15.5. The van der Waals surface area contributed by atoms with E-state index in [9.17, 15) is 9.18 Å². The van der Waals surface area contributed by atoms with Gasteiger partial charge in [0.25, 0.3) is 6.01 Å². The molecule has 0 saturated heterocycles. The molecule has 2 aromatic carbocycles. The van der Waals surface area contributed by atoms with E-state index in [1.807, 2.05) is 0 Å². The predicted molar refractivity (Wildman–Crippen MR) is 82.5 cm³/mol. The summed E-state index contributed by atoms with van der Waals surface area (Å²) in [4.78, 5) is 15.9. The number of nitrogens with zero attached hydrogens (tertiary/aromatic N) is 1. The number of rotatable bonds is 4. The quantitative estimate of drug-likeness (QED) is 0.770. The number of benzene rings is 2. The van der Waals surface area contributed by atoms with Crippen LogP contribution in [0.5, 0.6) is 0 Å². The number of carbonyl (C=O) groups excluding carboxylic acids is 1. The van der Waals surface area contributed by atoms with Gasteiger partial charge in [-0.2, -0.15) is 4.98 Å². The molecule has 3 rings (SSSR count). The van der Waals surface area contributed by atoms with Crippen LogP contribution in [0.4, 0.5) is 16.1 Å². The molecule has 1 amide bonds. The second-order valence-electron chi connectivity index (χ2n) is 4.54. The number of aromatic nitrogens is 1. The molecule has 22 heavy (non-hydrogen) atoms. The van der Waals surface area contributed by atoms with Crippen LogP contribution >= 0.6 is 11.6 Å². The second-order valence-corrected chi connectivity index (χ2v) is 4.98. The number of fused-ring (bicyclic) bond motifs is 1. The van der Waals surface area contributed by atoms with Gasteiger partial charge in [0.1, 0.15) is 11.3 Å². The Bertz CT molecular complexity index is 817. The Labute approximate surface area is 130 Å². The molecule has 3 aromatic rings. The van der Waals surface area contributed by atoms with E-state index in [2.05, 4.69) is 15.6 Å². The maximum absolute atomic E-state index is 13.1. The van der Waals surface area contributed by atoms with E-state index in [-0.39, 0.29) is 18.5 Å². The van der Waals surface area contributed by atoms with Crippen molar-refractivity contribution in [2.75, 3.05) is 17.2 Å². The van der Waals surface area contributed by atoms with Crippen LogP contribution in [-0.2, 0) is 4.79 Å². The summed E-state index contributed by atoms with van der Waals surface area (Å²) >= 11 is 5.77. The summed E-state index contributed by atoms with van der Waals surface area (Å²) in [6.45, 7) is -0.0298. The molecule has 0 bridgehead atoms. The lowest BCUT2D eigenvalue weighted by Crippen LogP contribution is -2.21. The standard InChI is InChI=1S/C15H11ClFN3O2/c16-9-1-4-11(5-2-9)19-14(21)8-18-15-20-12-7-10(17)3-6-13(12)22-15/h1-7H,8H2,(H,18,20)(H,19,21). The highest BCUT2D eigenvalue weighted by atomic mass is 35.5. The average Bonchev–Trinajstić information content (AvgIpc) is 2.89. The van der Waals surface area contributed by atoms with Gasteiger partial charge in [0, 0.05) is 16.8 Å². The molecule has 1 heterocycles. The van der Waals surface area contributed by atoms with Gasteiger partial charge in [-0.3, -0.25) is 4.79 Å². The van der Waals surface area contributed by atoms with Crippen LogP contribution in [0.1, 0.15) is 0 Å². The molecule has 0 aliphatic carbocycles. The Morgan fingerprint density at radius 1 is 1.23 bits per heavy atom. The topological polar surface area (TPSA) is 67.2 Å². The number of halogens is 2. The summed E-state index contributed by atoms with van der Waals surface area (Å²) in [7, 11) is 0. The fourth-order valence-electron chi connectivity index (χ4n) is 1.87. The molecular formula is C15H11ClFN3O2. The predicted octanol–water partition coefficient (Wildman–Crippen LogP) is 3.67. The van der Waals surface area contributed by atoms with Crippen molar-refractivity contribution in [2.45, 2.75) is 0 Å². The highest BCUT2D eigenvalue weighted by Gasteiger charge is 2.08. The molecule has 0 radical (unpaired) electrons. The molecule has 0 saturated carbocycles. The number of nitrogens with one attached hydrogen (secondary N) is 2. The highest BCUT2D eigenvalue weighted by molar-refractivity contribution is 6.30. The minimum atomic E-state index is -0.396. The monoisotopic (exact) mass is 319 g/mol. The third kappa shape index (κ3) is 3.35. The lowest BCUT2D eigenvalue weighted by Gasteiger charge is -2.05. The maximum Gasteiger partial charge on any atom is 0.296 e. The van der Waals surface area contributed by atoms with Gasteiger partial charge in [-0.1, -0.05) is 11.6 Å². The van der Waals surface area contributed by atoms with Gasteiger partial charge in [0.15, 0.2) is 5.58 Å². The van der Waals surface area contributed by atoms with E-state index < -0.39 is 5.82 Å². The van der Waals surface area contributed by atoms with Gasteiger partial charge in [-0.05, 0) is 36.4 Å². The molecule has 0 unspecified atom stereocenters. The van der Waals surface area contributed by atoms with Crippen molar-refractivity contribution in [3.63, 3.8) is 0 Å². The molecule has 0 spiro atoms. The summed E-state index contributed by atoms with van der Waals surface area (Å²) in [6, 6.07) is 10.9. The summed E-state index contributed by atoms with van der Waals surface area (Å²) < 4.78 is 18.4. The minimum absolute atomic E-state index is 0.0298. The first-order valence-corrected chi connectivity index (χ1v) is 6.83. The molecule has 0 aliphatic heterocycles. The van der Waals surface area contributed by atoms with E-state index in [4.69, 9.17) is 16.0 Å². The molecule has 5 nitrogen and oxygen atoms in total. The second kappa shape index (κ2) is 6.03. The summed E-state index contributed by atoms with van der Waals surface area (Å²) in [5.41, 5.74) is 1.47. The van der Waals surface area contributed by atoms with E-state index in [0.717, 1.165) is 0 Å². The zero-order valence-corrected chi connectivity index (χ0v) is 12.0. The number of anilines is 2. The summed E-state index contributed by atoms with van der Waals surface area (Å²) in [5, 5.41) is 6.03. The first-order chi connectivity index (χ1) is 10.6. The van der Waals surface area contributed by atoms with Gasteiger partial charge in [0.2, 0.25) is 5.91 Å². The van der Waals surface area contributed by atoms with Gasteiger partial charge in [-0.15, -0.1) is 0 Å². The molecule has 0 aliphatic rings. The highest BCUT2D eigenvalue weighted by Crippen LogP contribution is 2.19. The number of oxazole rings is 1. The fourth-order valence-corrected chi connectivity index (χ4v) is 2.00. The Morgan fingerprint density at radius 3 is 2.77 bits per heavy atom. The largest absolute Gasteiger partial charge is 0.424 e. The maximum atomic E-state index is 13.1. The molecule has 112 valence electrons. The van der Waals surface area contributed by atoms with Crippen LogP contribution in [0.15, 0.2) is 46.9 Å². The first kappa shape index (κ1) is 14.3. The van der Waals surface area contributed by atoms with Crippen molar-refractivity contribution < 1.29 is 13.6 Å². The van der Waals surface area contributed by atoms with Crippen molar-refractivity contribution in [2.24, 2.45) is 0 Å². The fraction of sp³-hybridized carbons (Fsp3) is 0.0667. The molecule has 7 heteroatoms. The normalized spacial score (nSPS) is 10.6. The lowest BCUT2D eigenvalue weighted by atomic mass is 10.3. The Balaban J connectivity index is 1.61. The molecule has 0 atom stereocenters. The van der Waals surface area contributed by atoms with E-state index >= 15 is 0 Å². The third-order valence-electron chi connectivity index (χ3n) is 2.88. The Morgan fingerprint density at radius 2 is 2.00 bits per heavy atom. The Kier molecular flexibility index (Phi) is 3.93. The van der Waals surface area contributed by atoms with E-state index in [1.54, 1.807) is 24.3 Å². The van der Waals surface area contributed by atoms with Crippen LogP contribution in [0.3, 0.4) is 0 Å². The molecule has 1 aromatic heterocycles. The van der Waals surface area contributed by atoms with Crippen molar-refractivity contribution in [1.29, 1.82) is 0 Å². The van der Waals surface area contributed by atoms with Crippen molar-refractivity contribution in [1.82, 2.24) is 4.98 Å². The van der Waals surface area contributed by atoms with Gasteiger partial charge in [-0.25, -0.2) is 4.39 Å². The number of hydrogen-bond acceptors (Lipinski definition) is 4. The smallest absolute Gasteiger partial charge is 0.296 e. The van der Waals surface area contributed by atoms with E-state index in [0.29, 0.717) is 21.8 Å². The molecular weight excluding hydrogens is 309 g/mol. The van der Waals surface area contributed by atoms with Crippen LogP contribution < -0.4 is 10.6 Å². The summed E-state index contributed by atoms with van der Waals surface area (Å²) in [5.74, 6) is -0.663. The van der Waals surface area contributed by atoms with Gasteiger partial charge < -0.3 is 15.1 Å². The summed E-state index contributed by atoms with van der Waals surface area (Å²) in [6.07, 6.45) is 0. The van der Waals surface area contributed by atoms with Crippen molar-refractivity contribution >= 4 is 40.3 Å². The zero-order valence-electron chi connectivity index (χ0n) is 11.3. The minimum Gasteiger partial charge on any atom is -0.424 e. The van der Waals surface area contributed by atoms with Gasteiger partial charge >= 0.3 is 0 Å². The van der Waals surface area contributed by atoms with Crippen LogP contribution in [-0.4, -0.2) is 17.4 Å². The Hall–Kier alpha value is -2.60. The van der Waals surface area contributed by atoms with Crippen molar-refractivity contribution in [3.8, 4) is 0 Å². The number of hydrogen-bond donors (Lipinski definition) is 2. The van der Waals surface area contributed by atoms with E-state index in [1.165, 1.54) is 18.2 Å².